The molecule has 3 heterocycles. The van der Waals surface area contributed by atoms with E-state index in [9.17, 15) is 9.59 Å². The summed E-state index contributed by atoms with van der Waals surface area (Å²) in [5.74, 6) is 1.38. The van der Waals surface area contributed by atoms with Crippen LogP contribution in [0.3, 0.4) is 0 Å². The number of ether oxygens (including phenoxy) is 1. The quantitative estimate of drug-likeness (QED) is 0.323. The zero-order valence-corrected chi connectivity index (χ0v) is 21.3. The molecule has 0 saturated carbocycles. The highest BCUT2D eigenvalue weighted by molar-refractivity contribution is 6.10. The average molecular weight is 483 g/mol. The van der Waals surface area contributed by atoms with E-state index in [1.807, 2.05) is 69.3 Å². The van der Waals surface area contributed by atoms with Crippen LogP contribution >= 0.6 is 0 Å². The Balaban J connectivity index is 1.70. The molecule has 0 saturated heterocycles. The summed E-state index contributed by atoms with van der Waals surface area (Å²) in [5.41, 5.74) is 4.27. The summed E-state index contributed by atoms with van der Waals surface area (Å²) in [6.07, 6.45) is 2.60. The van der Waals surface area contributed by atoms with Gasteiger partial charge in [-0.2, -0.15) is 0 Å². The fourth-order valence-electron chi connectivity index (χ4n) is 4.62. The Morgan fingerprint density at radius 2 is 1.81 bits per heavy atom. The van der Waals surface area contributed by atoms with Gasteiger partial charge in [-0.15, -0.1) is 0 Å². The number of hydrogen-bond donors (Lipinski definition) is 0. The van der Waals surface area contributed by atoms with E-state index in [0.717, 1.165) is 28.7 Å². The van der Waals surface area contributed by atoms with Crippen molar-refractivity contribution in [2.45, 2.75) is 47.1 Å². The summed E-state index contributed by atoms with van der Waals surface area (Å²) >= 11 is 0. The molecule has 184 valence electrons. The van der Waals surface area contributed by atoms with E-state index in [0.29, 0.717) is 40.6 Å². The van der Waals surface area contributed by atoms with E-state index in [1.54, 1.807) is 11.1 Å². The molecule has 6 nitrogen and oxygen atoms in total. The third-order valence-electron chi connectivity index (χ3n) is 6.77. The number of pyridine rings is 1. The van der Waals surface area contributed by atoms with Gasteiger partial charge >= 0.3 is 0 Å². The Labute approximate surface area is 210 Å². The summed E-state index contributed by atoms with van der Waals surface area (Å²) in [6.45, 7) is 10.8. The van der Waals surface area contributed by atoms with E-state index in [4.69, 9.17) is 9.15 Å². The van der Waals surface area contributed by atoms with Crippen molar-refractivity contribution in [1.82, 2.24) is 4.98 Å². The van der Waals surface area contributed by atoms with Crippen LogP contribution in [0, 0.1) is 26.7 Å². The van der Waals surface area contributed by atoms with Crippen molar-refractivity contribution in [3.63, 3.8) is 0 Å². The molecular weight excluding hydrogens is 452 g/mol. The molecule has 0 bridgehead atoms. The summed E-state index contributed by atoms with van der Waals surface area (Å²) in [5, 5.41) is 0.470. The maximum absolute atomic E-state index is 13.9. The van der Waals surface area contributed by atoms with Crippen molar-refractivity contribution in [1.29, 1.82) is 0 Å². The van der Waals surface area contributed by atoms with Gasteiger partial charge in [0, 0.05) is 6.20 Å². The second-order valence-corrected chi connectivity index (χ2v) is 9.98. The van der Waals surface area contributed by atoms with Crippen LogP contribution in [-0.4, -0.2) is 17.5 Å². The largest absolute Gasteiger partial charge is 0.494 e. The number of amides is 1. The number of carbonyl (C=O) groups excluding carboxylic acids is 1. The Morgan fingerprint density at radius 1 is 1.03 bits per heavy atom. The molecular formula is C30H30N2O4. The Hall–Kier alpha value is -3.93. The van der Waals surface area contributed by atoms with Crippen LogP contribution in [-0.2, 0) is 0 Å². The van der Waals surface area contributed by atoms with Crippen LogP contribution in [0.15, 0.2) is 63.9 Å². The van der Waals surface area contributed by atoms with Gasteiger partial charge in [-0.1, -0.05) is 26.0 Å². The summed E-state index contributed by atoms with van der Waals surface area (Å²) < 4.78 is 12.1. The highest BCUT2D eigenvalue weighted by Crippen LogP contribution is 2.41. The average Bonchev–Trinajstić information content (AvgIpc) is 3.13. The first-order valence-electron chi connectivity index (χ1n) is 12.3. The Bertz CT molecular complexity index is 1540. The van der Waals surface area contributed by atoms with Crippen molar-refractivity contribution >= 4 is 22.7 Å². The molecule has 2 aromatic carbocycles. The molecule has 5 rings (SSSR count). The second kappa shape index (κ2) is 9.26. The number of aromatic nitrogens is 1. The fourth-order valence-corrected chi connectivity index (χ4v) is 4.62. The van der Waals surface area contributed by atoms with Crippen LogP contribution in [0.25, 0.3) is 11.0 Å². The number of nitrogens with zero attached hydrogens (tertiary/aromatic N) is 2. The van der Waals surface area contributed by atoms with E-state index >= 15 is 0 Å². The number of hydrogen-bond acceptors (Lipinski definition) is 5. The molecule has 4 aromatic rings. The minimum absolute atomic E-state index is 0.0650. The molecule has 0 spiro atoms. The SMILES string of the molecule is Cc1ccnc(N2C(=O)c3oc4cc(C)c(C)cc4c(=O)c3[C@@H]2c2cccc(OCCC(C)C)c2)c1. The molecule has 36 heavy (non-hydrogen) atoms. The molecule has 6 heteroatoms. The second-order valence-electron chi connectivity index (χ2n) is 9.98. The van der Waals surface area contributed by atoms with Gasteiger partial charge in [0.1, 0.15) is 17.2 Å². The van der Waals surface area contributed by atoms with Gasteiger partial charge in [-0.3, -0.25) is 14.5 Å². The molecule has 1 aliphatic rings. The molecule has 0 radical (unpaired) electrons. The predicted octanol–water partition coefficient (Wildman–Crippen LogP) is 6.29. The van der Waals surface area contributed by atoms with E-state index in [-0.39, 0.29) is 17.1 Å². The van der Waals surface area contributed by atoms with Gasteiger partial charge < -0.3 is 9.15 Å². The van der Waals surface area contributed by atoms with Crippen molar-refractivity contribution in [3.8, 4) is 5.75 Å². The van der Waals surface area contributed by atoms with Crippen molar-refractivity contribution in [3.05, 3.63) is 98.5 Å². The lowest BCUT2D eigenvalue weighted by Crippen LogP contribution is -2.30. The Morgan fingerprint density at radius 3 is 2.56 bits per heavy atom. The monoisotopic (exact) mass is 482 g/mol. The third-order valence-corrected chi connectivity index (χ3v) is 6.77. The normalized spacial score (nSPS) is 15.1. The number of rotatable bonds is 6. The minimum Gasteiger partial charge on any atom is -0.494 e. The number of fused-ring (bicyclic) bond motifs is 2. The zero-order chi connectivity index (χ0) is 25.6. The zero-order valence-electron chi connectivity index (χ0n) is 21.3. The highest BCUT2D eigenvalue weighted by Gasteiger charge is 2.44. The van der Waals surface area contributed by atoms with Gasteiger partial charge in [0.25, 0.3) is 5.91 Å². The third kappa shape index (κ3) is 4.17. The lowest BCUT2D eigenvalue weighted by Gasteiger charge is -2.25. The first-order chi connectivity index (χ1) is 17.2. The predicted molar refractivity (Wildman–Crippen MR) is 141 cm³/mol. The molecule has 0 unspecified atom stereocenters. The highest BCUT2D eigenvalue weighted by atomic mass is 16.5. The fraction of sp³-hybridized carbons (Fsp3) is 0.300. The number of carbonyl (C=O) groups is 1. The molecule has 0 aliphatic carbocycles. The number of anilines is 1. The van der Waals surface area contributed by atoms with Gasteiger partial charge in [0.2, 0.25) is 5.76 Å². The molecule has 2 aromatic heterocycles. The lowest BCUT2D eigenvalue weighted by molar-refractivity contribution is 0.0970. The van der Waals surface area contributed by atoms with Crippen LogP contribution in [0.2, 0.25) is 0 Å². The van der Waals surface area contributed by atoms with Crippen LogP contribution in [0.5, 0.6) is 5.75 Å². The lowest BCUT2D eigenvalue weighted by atomic mass is 9.97. The van der Waals surface area contributed by atoms with Crippen molar-refractivity contribution in [2.75, 3.05) is 11.5 Å². The molecule has 1 atom stereocenters. The first-order valence-corrected chi connectivity index (χ1v) is 12.3. The van der Waals surface area contributed by atoms with Gasteiger partial charge in [0.15, 0.2) is 5.43 Å². The topological polar surface area (TPSA) is 72.6 Å². The molecule has 0 fully saturated rings. The number of aryl methyl sites for hydroxylation is 3. The number of benzene rings is 2. The summed E-state index contributed by atoms with van der Waals surface area (Å²) in [7, 11) is 0. The summed E-state index contributed by atoms with van der Waals surface area (Å²) in [4.78, 5) is 33.7. The minimum atomic E-state index is -0.683. The van der Waals surface area contributed by atoms with Crippen LogP contribution in [0.1, 0.15) is 64.7 Å². The molecule has 0 N–H and O–H groups in total. The van der Waals surface area contributed by atoms with Crippen LogP contribution < -0.4 is 15.1 Å². The van der Waals surface area contributed by atoms with Gasteiger partial charge in [0.05, 0.1) is 23.6 Å². The summed E-state index contributed by atoms with van der Waals surface area (Å²) in [6, 6.07) is 14.3. The standard InChI is InChI=1S/C30H30N2O4/c1-17(2)10-12-35-22-8-6-7-21(16-22)27-26-28(33)23-14-19(4)20(5)15-24(23)36-29(26)30(34)32(27)25-13-18(3)9-11-31-25/h6-9,11,13-17,27H,10,12H2,1-5H3/t27-/m0/s1. The first kappa shape index (κ1) is 23.8. The van der Waals surface area contributed by atoms with Gasteiger partial charge in [-0.25, -0.2) is 4.98 Å². The smallest absolute Gasteiger partial charge is 0.296 e. The van der Waals surface area contributed by atoms with E-state index < -0.39 is 6.04 Å². The maximum atomic E-state index is 13.9. The Kier molecular flexibility index (Phi) is 6.12. The van der Waals surface area contributed by atoms with Crippen molar-refractivity contribution in [2.24, 2.45) is 5.92 Å². The van der Waals surface area contributed by atoms with Gasteiger partial charge in [-0.05, 0) is 91.8 Å². The molecule has 1 aliphatic heterocycles. The molecule has 1 amide bonds. The van der Waals surface area contributed by atoms with E-state index in [1.165, 1.54) is 0 Å². The van der Waals surface area contributed by atoms with Crippen LogP contribution in [0.4, 0.5) is 5.82 Å². The van der Waals surface area contributed by atoms with E-state index in [2.05, 4.69) is 18.8 Å². The van der Waals surface area contributed by atoms with Crippen molar-refractivity contribution < 1.29 is 13.9 Å². The maximum Gasteiger partial charge on any atom is 0.296 e.